The molecule has 116 valence electrons. The van der Waals surface area contributed by atoms with E-state index in [1.54, 1.807) is 0 Å². The van der Waals surface area contributed by atoms with Gasteiger partial charge in [0.1, 0.15) is 11.5 Å². The first-order chi connectivity index (χ1) is 10.4. The van der Waals surface area contributed by atoms with E-state index in [9.17, 15) is 18.8 Å². The summed E-state index contributed by atoms with van der Waals surface area (Å²) in [6, 6.07) is 3.81. The van der Waals surface area contributed by atoms with Crippen LogP contribution >= 0.6 is 0 Å². The molecule has 8 heteroatoms. The molecule has 0 atom stereocenters. The van der Waals surface area contributed by atoms with Crippen molar-refractivity contribution in [1.29, 1.82) is 0 Å². The molecule has 7 nitrogen and oxygen atoms in total. The number of amides is 3. The number of anilines is 2. The number of hydrogen-bond donors (Lipinski definition) is 3. The molecule has 1 heterocycles. The van der Waals surface area contributed by atoms with Gasteiger partial charge in [0.05, 0.1) is 18.8 Å². The minimum atomic E-state index is -0.650. The maximum absolute atomic E-state index is 13.8. The van der Waals surface area contributed by atoms with Gasteiger partial charge in [-0.05, 0) is 18.2 Å². The molecule has 22 heavy (non-hydrogen) atoms. The fourth-order valence-corrected chi connectivity index (χ4v) is 1.96. The Labute approximate surface area is 125 Å². The number of aliphatic hydroxyl groups excluding tert-OH is 1. The molecule has 1 aliphatic rings. The number of aliphatic hydroxyl groups is 1. The van der Waals surface area contributed by atoms with E-state index in [0.717, 1.165) is 17.0 Å². The number of carbonyl (C=O) groups excluding carboxylic acids is 3. The Bertz CT molecular complexity index is 672. The smallest absolute Gasteiger partial charge is 0.277 e. The van der Waals surface area contributed by atoms with Crippen LogP contribution in [-0.2, 0) is 14.4 Å². The third-order valence-corrected chi connectivity index (χ3v) is 2.89. The molecule has 3 N–H and O–H groups in total. The maximum atomic E-state index is 13.8. The van der Waals surface area contributed by atoms with E-state index in [2.05, 4.69) is 10.6 Å². The monoisotopic (exact) mass is 307 g/mol. The number of rotatable bonds is 5. The number of benzene rings is 1. The number of hydrogen-bond acceptors (Lipinski definition) is 5. The first-order valence-corrected chi connectivity index (χ1v) is 6.45. The van der Waals surface area contributed by atoms with Crippen molar-refractivity contribution in [3.63, 3.8) is 0 Å². The van der Waals surface area contributed by atoms with Gasteiger partial charge in [-0.3, -0.25) is 19.3 Å². The van der Waals surface area contributed by atoms with Crippen LogP contribution in [-0.4, -0.2) is 40.9 Å². The van der Waals surface area contributed by atoms with Gasteiger partial charge in [0.25, 0.3) is 11.8 Å². The maximum Gasteiger partial charge on any atom is 0.277 e. The zero-order valence-corrected chi connectivity index (χ0v) is 11.7. The largest absolute Gasteiger partial charge is 0.395 e. The van der Waals surface area contributed by atoms with Gasteiger partial charge >= 0.3 is 0 Å². The van der Waals surface area contributed by atoms with Crippen LogP contribution in [0.3, 0.4) is 0 Å². The van der Waals surface area contributed by atoms with Crippen molar-refractivity contribution < 1.29 is 23.9 Å². The Morgan fingerprint density at radius 3 is 2.73 bits per heavy atom. The number of β-amino-alcohol motifs (C(OH)–C–C–N with tert-alkyl or cyclic N) is 1. The average Bonchev–Trinajstić information content (AvgIpc) is 2.70. The highest BCUT2D eigenvalue weighted by molar-refractivity contribution is 6.17. The van der Waals surface area contributed by atoms with Gasteiger partial charge in [-0.25, -0.2) is 4.39 Å². The summed E-state index contributed by atoms with van der Waals surface area (Å²) < 4.78 is 13.8. The summed E-state index contributed by atoms with van der Waals surface area (Å²) in [5, 5.41) is 13.8. The van der Waals surface area contributed by atoms with E-state index in [1.807, 2.05) is 0 Å². The lowest BCUT2D eigenvalue weighted by Crippen LogP contribution is -2.34. The summed E-state index contributed by atoms with van der Waals surface area (Å²) in [5.74, 6) is -2.20. The number of nitrogens with one attached hydrogen (secondary N) is 2. The molecule has 2 rings (SSSR count). The van der Waals surface area contributed by atoms with Crippen molar-refractivity contribution in [3.05, 3.63) is 35.8 Å². The molecule has 0 bridgehead atoms. The zero-order valence-electron chi connectivity index (χ0n) is 11.7. The summed E-state index contributed by atoms with van der Waals surface area (Å²) >= 11 is 0. The van der Waals surface area contributed by atoms with Crippen LogP contribution in [0.15, 0.2) is 30.0 Å². The lowest BCUT2D eigenvalue weighted by molar-refractivity contribution is -0.137. The van der Waals surface area contributed by atoms with Crippen molar-refractivity contribution in [2.45, 2.75) is 6.92 Å². The first-order valence-electron chi connectivity index (χ1n) is 6.45. The predicted molar refractivity (Wildman–Crippen MR) is 76.2 cm³/mol. The van der Waals surface area contributed by atoms with Crippen LogP contribution in [0.1, 0.15) is 6.92 Å². The lowest BCUT2D eigenvalue weighted by Gasteiger charge is -2.14. The Kier molecular flexibility index (Phi) is 4.52. The minimum Gasteiger partial charge on any atom is -0.395 e. The number of nitrogens with zero attached hydrogens (tertiary/aromatic N) is 1. The third-order valence-electron chi connectivity index (χ3n) is 2.89. The second-order valence-corrected chi connectivity index (χ2v) is 4.58. The van der Waals surface area contributed by atoms with E-state index in [-0.39, 0.29) is 30.4 Å². The third kappa shape index (κ3) is 3.29. The molecule has 0 radical (unpaired) electrons. The molecule has 1 aromatic rings. The van der Waals surface area contributed by atoms with Crippen LogP contribution < -0.4 is 10.6 Å². The Balaban J connectivity index is 2.20. The molecule has 1 aromatic carbocycles. The van der Waals surface area contributed by atoms with Gasteiger partial charge in [-0.15, -0.1) is 0 Å². The number of carbonyl (C=O) groups is 3. The summed E-state index contributed by atoms with van der Waals surface area (Å²) in [5.41, 5.74) is 0.197. The summed E-state index contributed by atoms with van der Waals surface area (Å²) in [4.78, 5) is 35.4. The van der Waals surface area contributed by atoms with E-state index in [4.69, 9.17) is 5.11 Å². The van der Waals surface area contributed by atoms with Gasteiger partial charge < -0.3 is 15.7 Å². The quantitative estimate of drug-likeness (QED) is 0.686. The molecule has 0 spiro atoms. The predicted octanol–water partition coefficient (Wildman–Crippen LogP) is 0.441. The topological polar surface area (TPSA) is 98.7 Å². The van der Waals surface area contributed by atoms with Gasteiger partial charge in [-0.1, -0.05) is 0 Å². The van der Waals surface area contributed by atoms with Crippen LogP contribution in [0.4, 0.5) is 15.8 Å². The Morgan fingerprint density at radius 2 is 2.09 bits per heavy atom. The van der Waals surface area contributed by atoms with Crippen molar-refractivity contribution in [3.8, 4) is 0 Å². The molecule has 0 saturated heterocycles. The minimum absolute atomic E-state index is 0.0514. The summed E-state index contributed by atoms with van der Waals surface area (Å²) in [6.07, 6.45) is 1.03. The van der Waals surface area contributed by atoms with E-state index in [0.29, 0.717) is 5.69 Å². The number of imide groups is 1. The van der Waals surface area contributed by atoms with Crippen molar-refractivity contribution in [2.75, 3.05) is 23.8 Å². The van der Waals surface area contributed by atoms with E-state index < -0.39 is 17.6 Å². The Hall–Kier alpha value is -2.74. The van der Waals surface area contributed by atoms with Crippen molar-refractivity contribution in [2.24, 2.45) is 0 Å². The highest BCUT2D eigenvalue weighted by atomic mass is 19.1. The normalized spacial score (nSPS) is 14.1. The molecule has 0 saturated carbocycles. The second kappa shape index (κ2) is 6.35. The van der Waals surface area contributed by atoms with Gasteiger partial charge in [0.15, 0.2) is 0 Å². The molecule has 3 amide bonds. The molecule has 0 aromatic heterocycles. The van der Waals surface area contributed by atoms with Gasteiger partial charge in [-0.2, -0.15) is 0 Å². The number of halogens is 1. The molecular formula is C14H14FN3O4. The standard InChI is InChI=1S/C14H14FN3O4/c1-8(20)16-9-2-3-10(15)11(6-9)17-12-7-13(21)18(4-5-19)14(12)22/h2-3,6-7,17,19H,4-5H2,1H3,(H,16,20). The van der Waals surface area contributed by atoms with Gasteiger partial charge in [0, 0.05) is 18.7 Å². The SMILES string of the molecule is CC(=O)Nc1ccc(F)c(NC2=CC(=O)N(CCO)C2=O)c1. The van der Waals surface area contributed by atoms with Crippen LogP contribution in [0, 0.1) is 5.82 Å². The second-order valence-electron chi connectivity index (χ2n) is 4.58. The van der Waals surface area contributed by atoms with E-state index >= 15 is 0 Å². The fraction of sp³-hybridized carbons (Fsp3) is 0.214. The van der Waals surface area contributed by atoms with Crippen LogP contribution in [0.25, 0.3) is 0 Å². The van der Waals surface area contributed by atoms with E-state index in [1.165, 1.54) is 19.1 Å². The van der Waals surface area contributed by atoms with Crippen LogP contribution in [0.5, 0.6) is 0 Å². The summed E-state index contributed by atoms with van der Waals surface area (Å²) in [7, 11) is 0. The highest BCUT2D eigenvalue weighted by Gasteiger charge is 2.30. The summed E-state index contributed by atoms with van der Waals surface area (Å²) in [6.45, 7) is 0.823. The molecule has 1 aliphatic heterocycles. The van der Waals surface area contributed by atoms with Crippen molar-refractivity contribution in [1.82, 2.24) is 4.90 Å². The molecular weight excluding hydrogens is 293 g/mol. The lowest BCUT2D eigenvalue weighted by atomic mass is 10.2. The Morgan fingerprint density at radius 1 is 1.36 bits per heavy atom. The molecule has 0 fully saturated rings. The van der Waals surface area contributed by atoms with Crippen molar-refractivity contribution >= 4 is 29.1 Å². The first kappa shape index (κ1) is 15.6. The average molecular weight is 307 g/mol. The fourth-order valence-electron chi connectivity index (χ4n) is 1.96. The zero-order chi connectivity index (χ0) is 16.3. The molecule has 0 unspecified atom stereocenters. The molecule has 0 aliphatic carbocycles. The van der Waals surface area contributed by atoms with Gasteiger partial charge in [0.2, 0.25) is 5.91 Å². The van der Waals surface area contributed by atoms with Crippen LogP contribution in [0.2, 0.25) is 0 Å². The highest BCUT2D eigenvalue weighted by Crippen LogP contribution is 2.23.